The van der Waals surface area contributed by atoms with E-state index < -0.39 is 0 Å². The van der Waals surface area contributed by atoms with Crippen LogP contribution in [0.5, 0.6) is 0 Å². The lowest BCUT2D eigenvalue weighted by Gasteiger charge is -2.01. The molecule has 1 N–H and O–H groups in total. The van der Waals surface area contributed by atoms with Gasteiger partial charge in [-0.3, -0.25) is 4.79 Å². The minimum absolute atomic E-state index is 0.00526. The zero-order valence-corrected chi connectivity index (χ0v) is 12.2. The predicted molar refractivity (Wildman–Crippen MR) is 76.3 cm³/mol. The van der Waals surface area contributed by atoms with Crippen LogP contribution in [0.2, 0.25) is 0 Å². The Kier molecular flexibility index (Phi) is 5.41. The van der Waals surface area contributed by atoms with E-state index in [4.69, 9.17) is 4.42 Å². The molecule has 0 aromatic carbocycles. The van der Waals surface area contributed by atoms with Crippen LogP contribution in [0.1, 0.15) is 19.8 Å². The van der Waals surface area contributed by atoms with Crippen LogP contribution in [0.3, 0.4) is 0 Å². The minimum Gasteiger partial charge on any atom is -0.410 e. The van der Waals surface area contributed by atoms with Crippen molar-refractivity contribution in [2.24, 2.45) is 0 Å². The third-order valence-electron chi connectivity index (χ3n) is 2.32. The van der Waals surface area contributed by atoms with Gasteiger partial charge in [-0.2, -0.15) is 0 Å². The van der Waals surface area contributed by atoms with Gasteiger partial charge >= 0.3 is 0 Å². The highest BCUT2D eigenvalue weighted by molar-refractivity contribution is 7.99. The average Bonchev–Trinajstić information content (AvgIpc) is 3.07. The summed E-state index contributed by atoms with van der Waals surface area (Å²) in [6.07, 6.45) is 2.07. The second kappa shape index (κ2) is 7.30. The summed E-state index contributed by atoms with van der Waals surface area (Å²) in [5.74, 6) is 0.800. The largest absolute Gasteiger partial charge is 0.410 e. The van der Waals surface area contributed by atoms with Crippen LogP contribution < -0.4 is 5.32 Å². The summed E-state index contributed by atoms with van der Waals surface area (Å²) in [6.45, 7) is 2.81. The number of thiophene rings is 1. The molecular formula is C12H15N3O2S2. The lowest BCUT2D eigenvalue weighted by atomic mass is 10.3. The molecule has 2 aromatic heterocycles. The molecule has 0 radical (unpaired) electrons. The summed E-state index contributed by atoms with van der Waals surface area (Å²) in [6, 6.07) is 3.85. The van der Waals surface area contributed by atoms with E-state index in [9.17, 15) is 4.79 Å². The standard InChI is InChI=1S/C12H15N3O2S2/c1-2-3-6-13-10(16)8-19-12-15-14-11(17-12)9-5-4-7-18-9/h4-5,7H,2-3,6,8H2,1H3,(H,13,16). The number of unbranched alkanes of at least 4 members (excludes halogenated alkanes) is 1. The van der Waals surface area contributed by atoms with E-state index in [0.29, 0.717) is 16.9 Å². The van der Waals surface area contributed by atoms with Gasteiger partial charge in [0, 0.05) is 6.54 Å². The van der Waals surface area contributed by atoms with Crippen LogP contribution in [-0.4, -0.2) is 28.4 Å². The molecular weight excluding hydrogens is 282 g/mol. The van der Waals surface area contributed by atoms with E-state index in [-0.39, 0.29) is 5.91 Å². The minimum atomic E-state index is -0.00526. The van der Waals surface area contributed by atoms with Gasteiger partial charge in [0.1, 0.15) is 0 Å². The molecule has 0 aliphatic carbocycles. The molecule has 0 aliphatic rings. The molecule has 0 bridgehead atoms. The van der Waals surface area contributed by atoms with Crippen molar-refractivity contribution in [1.29, 1.82) is 0 Å². The summed E-state index contributed by atoms with van der Waals surface area (Å²) in [4.78, 5) is 12.4. The van der Waals surface area contributed by atoms with Crippen LogP contribution in [0.4, 0.5) is 0 Å². The van der Waals surface area contributed by atoms with Crippen molar-refractivity contribution in [3.8, 4) is 10.8 Å². The third kappa shape index (κ3) is 4.36. The van der Waals surface area contributed by atoms with Gasteiger partial charge in [0.05, 0.1) is 10.6 Å². The van der Waals surface area contributed by atoms with Crippen LogP contribution in [-0.2, 0) is 4.79 Å². The number of carbonyl (C=O) groups excluding carboxylic acids is 1. The second-order valence-electron chi connectivity index (χ2n) is 3.84. The van der Waals surface area contributed by atoms with Gasteiger partial charge in [-0.25, -0.2) is 0 Å². The van der Waals surface area contributed by atoms with E-state index in [1.807, 2.05) is 17.5 Å². The molecule has 2 heterocycles. The Morgan fingerprint density at radius 1 is 1.53 bits per heavy atom. The first kappa shape index (κ1) is 14.1. The fourth-order valence-corrected chi connectivity index (χ4v) is 2.59. The summed E-state index contributed by atoms with van der Waals surface area (Å²) in [5.41, 5.74) is 0. The van der Waals surface area contributed by atoms with Gasteiger partial charge in [0.25, 0.3) is 11.1 Å². The molecule has 0 saturated carbocycles. The topological polar surface area (TPSA) is 68.0 Å². The molecule has 7 heteroatoms. The van der Waals surface area contributed by atoms with Gasteiger partial charge in [-0.1, -0.05) is 31.2 Å². The molecule has 1 amide bonds. The Balaban J connectivity index is 1.79. The number of hydrogen-bond donors (Lipinski definition) is 1. The Labute approximate surface area is 119 Å². The number of thioether (sulfide) groups is 1. The molecule has 0 atom stereocenters. The summed E-state index contributed by atoms with van der Waals surface area (Å²) >= 11 is 2.80. The van der Waals surface area contributed by atoms with Crippen LogP contribution >= 0.6 is 23.1 Å². The molecule has 2 aromatic rings. The van der Waals surface area contributed by atoms with Gasteiger partial charge in [-0.05, 0) is 17.9 Å². The Morgan fingerprint density at radius 2 is 2.42 bits per heavy atom. The van der Waals surface area contributed by atoms with E-state index in [2.05, 4.69) is 22.4 Å². The molecule has 0 spiro atoms. The first-order valence-electron chi connectivity index (χ1n) is 6.06. The van der Waals surface area contributed by atoms with E-state index in [0.717, 1.165) is 24.3 Å². The molecule has 0 saturated heterocycles. The lowest BCUT2D eigenvalue weighted by molar-refractivity contribution is -0.118. The van der Waals surface area contributed by atoms with E-state index in [1.165, 1.54) is 11.8 Å². The van der Waals surface area contributed by atoms with Gasteiger partial charge < -0.3 is 9.73 Å². The molecule has 19 heavy (non-hydrogen) atoms. The van der Waals surface area contributed by atoms with Crippen molar-refractivity contribution >= 4 is 29.0 Å². The molecule has 0 aliphatic heterocycles. The van der Waals surface area contributed by atoms with E-state index >= 15 is 0 Å². The number of rotatable bonds is 7. The molecule has 102 valence electrons. The Hall–Kier alpha value is -1.34. The maximum Gasteiger partial charge on any atom is 0.277 e. The number of aromatic nitrogens is 2. The quantitative estimate of drug-likeness (QED) is 0.628. The molecule has 5 nitrogen and oxygen atoms in total. The number of nitrogens with one attached hydrogen (secondary N) is 1. The fourth-order valence-electron chi connectivity index (χ4n) is 1.35. The number of hydrogen-bond acceptors (Lipinski definition) is 6. The van der Waals surface area contributed by atoms with Gasteiger partial charge in [-0.15, -0.1) is 21.5 Å². The monoisotopic (exact) mass is 297 g/mol. The average molecular weight is 297 g/mol. The first-order valence-corrected chi connectivity index (χ1v) is 7.93. The SMILES string of the molecule is CCCCNC(=O)CSc1nnc(-c2cccs2)o1. The van der Waals surface area contributed by atoms with Crippen molar-refractivity contribution in [1.82, 2.24) is 15.5 Å². The zero-order chi connectivity index (χ0) is 13.5. The van der Waals surface area contributed by atoms with Crippen LogP contribution in [0, 0.1) is 0 Å². The maximum absolute atomic E-state index is 11.5. The lowest BCUT2D eigenvalue weighted by Crippen LogP contribution is -2.25. The first-order chi connectivity index (χ1) is 9.29. The number of amides is 1. The molecule has 0 fully saturated rings. The zero-order valence-electron chi connectivity index (χ0n) is 10.6. The third-order valence-corrected chi connectivity index (χ3v) is 3.99. The van der Waals surface area contributed by atoms with Crippen molar-refractivity contribution in [3.05, 3.63) is 17.5 Å². The van der Waals surface area contributed by atoms with Crippen molar-refractivity contribution < 1.29 is 9.21 Å². The van der Waals surface area contributed by atoms with E-state index in [1.54, 1.807) is 11.3 Å². The summed E-state index contributed by atoms with van der Waals surface area (Å²) < 4.78 is 5.48. The number of carbonyl (C=O) groups is 1. The van der Waals surface area contributed by atoms with Crippen molar-refractivity contribution in [2.45, 2.75) is 25.0 Å². The Morgan fingerprint density at radius 3 is 3.16 bits per heavy atom. The van der Waals surface area contributed by atoms with Gasteiger partial charge in [0.2, 0.25) is 5.91 Å². The smallest absolute Gasteiger partial charge is 0.277 e. The maximum atomic E-state index is 11.5. The fraction of sp³-hybridized carbons (Fsp3) is 0.417. The number of nitrogens with zero attached hydrogens (tertiary/aromatic N) is 2. The highest BCUT2D eigenvalue weighted by Gasteiger charge is 2.11. The molecule has 2 rings (SSSR count). The van der Waals surface area contributed by atoms with Gasteiger partial charge in [0.15, 0.2) is 0 Å². The summed E-state index contributed by atoms with van der Waals surface area (Å²) in [7, 11) is 0. The van der Waals surface area contributed by atoms with Crippen molar-refractivity contribution in [2.75, 3.05) is 12.3 Å². The molecule has 0 unspecified atom stereocenters. The summed E-state index contributed by atoms with van der Waals surface area (Å²) in [5, 5.41) is 13.1. The highest BCUT2D eigenvalue weighted by Crippen LogP contribution is 2.26. The predicted octanol–water partition coefficient (Wildman–Crippen LogP) is 2.81. The van der Waals surface area contributed by atoms with Crippen molar-refractivity contribution in [3.63, 3.8) is 0 Å². The van der Waals surface area contributed by atoms with Crippen LogP contribution in [0.25, 0.3) is 10.8 Å². The Bertz CT molecular complexity index is 511. The normalized spacial score (nSPS) is 10.6. The second-order valence-corrected chi connectivity index (χ2v) is 5.72. The van der Waals surface area contributed by atoms with Crippen LogP contribution in [0.15, 0.2) is 27.2 Å². The highest BCUT2D eigenvalue weighted by atomic mass is 32.2.